The van der Waals surface area contributed by atoms with Crippen LogP contribution in [0.2, 0.25) is 0 Å². The van der Waals surface area contributed by atoms with E-state index in [-0.39, 0.29) is 5.97 Å². The third-order valence-electron chi connectivity index (χ3n) is 3.06. The predicted molar refractivity (Wildman–Crippen MR) is 104 cm³/mol. The van der Waals surface area contributed by atoms with Crippen molar-refractivity contribution in [3.63, 3.8) is 0 Å². The zero-order valence-electron chi connectivity index (χ0n) is 14.0. The number of methoxy groups -OCH3 is 2. The van der Waals surface area contributed by atoms with E-state index in [1.54, 1.807) is 24.2 Å². The molecule has 0 spiro atoms. The molecule has 0 aliphatic heterocycles. The second-order valence-corrected chi connectivity index (χ2v) is 6.28. The number of allylic oxidation sites excluding steroid dienone is 4. The van der Waals surface area contributed by atoms with Crippen molar-refractivity contribution in [1.82, 2.24) is 0 Å². The SMILES string of the molecule is COC(=O)CCCC#C/C=C\[C@H](OC)[C@H](O)CC/C=C(Br)/C=C\Br. The van der Waals surface area contributed by atoms with E-state index >= 15 is 0 Å². The lowest BCUT2D eigenvalue weighted by atomic mass is 10.1. The van der Waals surface area contributed by atoms with Gasteiger partial charge in [-0.25, -0.2) is 0 Å². The van der Waals surface area contributed by atoms with Crippen molar-refractivity contribution in [2.24, 2.45) is 0 Å². The predicted octanol–water partition coefficient (Wildman–Crippen LogP) is 4.23. The molecule has 0 rings (SSSR count). The summed E-state index contributed by atoms with van der Waals surface area (Å²) >= 11 is 6.60. The summed E-state index contributed by atoms with van der Waals surface area (Å²) < 4.78 is 10.8. The Morgan fingerprint density at radius 3 is 2.75 bits per heavy atom. The number of aliphatic hydroxyl groups excluding tert-OH is 1. The van der Waals surface area contributed by atoms with Gasteiger partial charge in [0.15, 0.2) is 0 Å². The maximum Gasteiger partial charge on any atom is 0.305 e. The van der Waals surface area contributed by atoms with E-state index in [9.17, 15) is 9.90 Å². The Kier molecular flexibility index (Phi) is 15.1. The number of halogens is 2. The summed E-state index contributed by atoms with van der Waals surface area (Å²) in [5.74, 6) is 5.61. The number of carbonyl (C=O) groups excluding carboxylic acids is 1. The largest absolute Gasteiger partial charge is 0.469 e. The molecule has 0 aliphatic carbocycles. The molecule has 0 saturated heterocycles. The highest BCUT2D eigenvalue weighted by molar-refractivity contribution is 9.12. The lowest BCUT2D eigenvalue weighted by molar-refractivity contribution is -0.140. The van der Waals surface area contributed by atoms with Crippen molar-refractivity contribution >= 4 is 37.8 Å². The second-order valence-electron chi connectivity index (χ2n) is 4.84. The van der Waals surface area contributed by atoms with Crippen LogP contribution in [0.25, 0.3) is 0 Å². The fourth-order valence-electron chi connectivity index (χ4n) is 1.75. The zero-order chi connectivity index (χ0) is 18.2. The van der Waals surface area contributed by atoms with Gasteiger partial charge in [-0.2, -0.15) is 0 Å². The Balaban J connectivity index is 4.20. The van der Waals surface area contributed by atoms with Crippen LogP contribution in [-0.2, 0) is 14.3 Å². The molecule has 24 heavy (non-hydrogen) atoms. The molecular formula is C18H24Br2O4. The Morgan fingerprint density at radius 1 is 1.38 bits per heavy atom. The van der Waals surface area contributed by atoms with E-state index in [0.717, 1.165) is 10.9 Å². The molecule has 2 atom stereocenters. The molecular weight excluding hydrogens is 440 g/mol. The molecule has 0 unspecified atom stereocenters. The minimum atomic E-state index is -0.600. The molecule has 0 radical (unpaired) electrons. The van der Waals surface area contributed by atoms with Crippen molar-refractivity contribution in [2.75, 3.05) is 14.2 Å². The fraction of sp³-hybridized carbons (Fsp3) is 0.500. The molecule has 0 amide bonds. The lowest BCUT2D eigenvalue weighted by Crippen LogP contribution is -2.25. The average Bonchev–Trinajstić information content (AvgIpc) is 2.57. The van der Waals surface area contributed by atoms with Crippen LogP contribution in [0.5, 0.6) is 0 Å². The fourth-order valence-corrected chi connectivity index (χ4v) is 2.75. The van der Waals surface area contributed by atoms with Crippen LogP contribution in [0.3, 0.4) is 0 Å². The first-order valence-electron chi connectivity index (χ1n) is 7.60. The summed E-state index contributed by atoms with van der Waals surface area (Å²) in [5, 5.41) is 10.1. The maximum atomic E-state index is 10.9. The van der Waals surface area contributed by atoms with Gasteiger partial charge in [0.2, 0.25) is 0 Å². The molecule has 0 aliphatic rings. The Labute approximate surface area is 161 Å². The van der Waals surface area contributed by atoms with Gasteiger partial charge in [0.1, 0.15) is 6.10 Å². The van der Waals surface area contributed by atoms with Gasteiger partial charge in [-0.3, -0.25) is 4.79 Å². The van der Waals surface area contributed by atoms with Crippen LogP contribution in [0, 0.1) is 11.8 Å². The molecule has 4 nitrogen and oxygen atoms in total. The molecule has 1 N–H and O–H groups in total. The van der Waals surface area contributed by atoms with Crippen LogP contribution >= 0.6 is 31.9 Å². The van der Waals surface area contributed by atoms with E-state index in [4.69, 9.17) is 4.74 Å². The second kappa shape index (κ2) is 15.6. The lowest BCUT2D eigenvalue weighted by Gasteiger charge is -2.17. The summed E-state index contributed by atoms with van der Waals surface area (Å²) in [7, 11) is 2.93. The first-order chi connectivity index (χ1) is 11.5. The van der Waals surface area contributed by atoms with E-state index in [1.165, 1.54) is 7.11 Å². The molecule has 0 fully saturated rings. The van der Waals surface area contributed by atoms with E-state index in [2.05, 4.69) is 48.4 Å². The maximum absolute atomic E-state index is 10.9. The van der Waals surface area contributed by atoms with Crippen molar-refractivity contribution in [3.8, 4) is 11.8 Å². The smallest absolute Gasteiger partial charge is 0.305 e. The molecule has 0 aromatic heterocycles. The van der Waals surface area contributed by atoms with Crippen LogP contribution < -0.4 is 0 Å². The average molecular weight is 464 g/mol. The highest BCUT2D eigenvalue weighted by atomic mass is 79.9. The van der Waals surface area contributed by atoms with Crippen molar-refractivity contribution < 1.29 is 19.4 Å². The van der Waals surface area contributed by atoms with Gasteiger partial charge in [0.05, 0.1) is 13.2 Å². The van der Waals surface area contributed by atoms with Gasteiger partial charge in [-0.05, 0) is 42.5 Å². The minimum absolute atomic E-state index is 0.220. The molecule has 0 saturated carbocycles. The van der Waals surface area contributed by atoms with Crippen molar-refractivity contribution in [3.05, 3.63) is 33.8 Å². The first-order valence-corrected chi connectivity index (χ1v) is 9.31. The monoisotopic (exact) mass is 462 g/mol. The summed E-state index contributed by atoms with van der Waals surface area (Å²) in [6.07, 6.45) is 9.27. The number of hydrogen-bond donors (Lipinski definition) is 1. The molecule has 0 bridgehead atoms. The molecule has 0 aromatic carbocycles. The molecule has 6 heteroatoms. The van der Waals surface area contributed by atoms with Crippen LogP contribution in [0.1, 0.15) is 32.1 Å². The highest BCUT2D eigenvalue weighted by Crippen LogP contribution is 2.13. The Bertz CT molecular complexity index is 501. The summed E-state index contributed by atoms with van der Waals surface area (Å²) in [6, 6.07) is 0. The third kappa shape index (κ3) is 12.5. The summed E-state index contributed by atoms with van der Waals surface area (Å²) in [6.45, 7) is 0. The quantitative estimate of drug-likeness (QED) is 0.228. The van der Waals surface area contributed by atoms with Gasteiger partial charge < -0.3 is 14.6 Å². The number of ether oxygens (including phenoxy) is 2. The van der Waals surface area contributed by atoms with Crippen LogP contribution in [-0.4, -0.2) is 37.5 Å². The Hall–Kier alpha value is -0.870. The van der Waals surface area contributed by atoms with Gasteiger partial charge in [0, 0.05) is 24.4 Å². The number of rotatable bonds is 10. The molecule has 0 heterocycles. The number of esters is 1. The molecule has 0 aromatic rings. The van der Waals surface area contributed by atoms with Crippen molar-refractivity contribution in [1.29, 1.82) is 0 Å². The highest BCUT2D eigenvalue weighted by Gasteiger charge is 2.14. The summed E-state index contributed by atoms with van der Waals surface area (Å²) in [4.78, 5) is 12.7. The number of hydrogen-bond acceptors (Lipinski definition) is 4. The first kappa shape index (κ1) is 23.1. The Morgan fingerprint density at radius 2 is 2.12 bits per heavy atom. The van der Waals surface area contributed by atoms with E-state index in [1.807, 2.05) is 12.2 Å². The van der Waals surface area contributed by atoms with Gasteiger partial charge in [-0.1, -0.05) is 49.8 Å². The normalized spacial score (nSPS) is 14.5. The zero-order valence-corrected chi connectivity index (χ0v) is 17.2. The number of carbonyl (C=O) groups is 1. The minimum Gasteiger partial charge on any atom is -0.469 e. The van der Waals surface area contributed by atoms with Crippen molar-refractivity contribution in [2.45, 2.75) is 44.3 Å². The van der Waals surface area contributed by atoms with E-state index < -0.39 is 12.2 Å². The van der Waals surface area contributed by atoms with Gasteiger partial charge in [0.25, 0.3) is 0 Å². The summed E-state index contributed by atoms with van der Waals surface area (Å²) in [5.41, 5.74) is 0. The van der Waals surface area contributed by atoms with E-state index in [0.29, 0.717) is 25.7 Å². The topological polar surface area (TPSA) is 55.8 Å². The standard InChI is InChI=1S/C18H24Br2O4/c1-23-17(16(21)10-8-9-15(20)13-14-19)11-6-4-3-5-7-12-18(22)24-2/h6,9,11,13-14,16-17,21H,5,7-8,10,12H2,1-2H3/b11-6-,14-13-,15-9-/t16-,17+/m1/s1. The van der Waals surface area contributed by atoms with Crippen LogP contribution in [0.4, 0.5) is 0 Å². The number of aliphatic hydroxyl groups is 1. The number of unbranched alkanes of at least 4 members (excludes halogenated alkanes) is 1. The van der Waals surface area contributed by atoms with Gasteiger partial charge >= 0.3 is 5.97 Å². The third-order valence-corrected chi connectivity index (χ3v) is 3.91. The molecule has 134 valence electrons. The van der Waals surface area contributed by atoms with Gasteiger partial charge in [-0.15, -0.1) is 0 Å². The van der Waals surface area contributed by atoms with Crippen LogP contribution in [0.15, 0.2) is 33.8 Å².